The van der Waals surface area contributed by atoms with Gasteiger partial charge < -0.3 is 21.7 Å². The van der Waals surface area contributed by atoms with E-state index >= 15 is 0 Å². The lowest BCUT2D eigenvalue weighted by molar-refractivity contribution is 0.578. The zero-order valence-electron chi connectivity index (χ0n) is 13.0. The van der Waals surface area contributed by atoms with Gasteiger partial charge in [-0.15, -0.1) is 0 Å². The quantitative estimate of drug-likeness (QED) is 0.794. The first kappa shape index (κ1) is 15.1. The zero-order valence-corrected chi connectivity index (χ0v) is 13.0. The smallest absolute Gasteiger partial charge is 0.153 e. The normalized spacial score (nSPS) is 14.5. The summed E-state index contributed by atoms with van der Waals surface area (Å²) in [5, 5.41) is 3.26. The van der Waals surface area contributed by atoms with Gasteiger partial charge in [0.2, 0.25) is 0 Å². The van der Waals surface area contributed by atoms with Crippen LogP contribution in [0.5, 0.6) is 0 Å². The molecule has 120 valence electrons. The maximum absolute atomic E-state index is 5.88. The molecule has 0 bridgehead atoms. The van der Waals surface area contributed by atoms with Crippen molar-refractivity contribution in [1.29, 1.82) is 0 Å². The van der Waals surface area contributed by atoms with Crippen molar-refractivity contribution in [2.75, 3.05) is 34.8 Å². The van der Waals surface area contributed by atoms with Crippen LogP contribution in [-0.2, 0) is 0 Å². The summed E-state index contributed by atoms with van der Waals surface area (Å²) in [7, 11) is 0. The third-order valence-electron chi connectivity index (χ3n) is 3.88. The lowest BCUT2D eigenvalue weighted by Gasteiger charge is -2.30. The number of pyridine rings is 1. The van der Waals surface area contributed by atoms with Crippen molar-refractivity contribution in [2.45, 2.75) is 19.3 Å². The second kappa shape index (κ2) is 6.51. The standard InChI is InChI=1S/C16H21N7/c1-11(15-16(18)22-14(17)10-20-15)21-12-9-19-6-5-13(12)23-7-3-2-4-8-23/h5-6,9-10,21H,1-4,7-8H2,(H4,17,18,22). The Hall–Kier alpha value is -2.83. The molecule has 0 atom stereocenters. The lowest BCUT2D eigenvalue weighted by atomic mass is 10.1. The molecule has 7 heteroatoms. The van der Waals surface area contributed by atoms with E-state index in [1.807, 2.05) is 6.07 Å². The number of aromatic nitrogens is 3. The number of piperidine rings is 1. The SMILES string of the molecule is C=C(Nc1cnccc1N1CCCCC1)c1ncc(N)nc1N. The van der Waals surface area contributed by atoms with Gasteiger partial charge in [0.25, 0.3) is 0 Å². The van der Waals surface area contributed by atoms with Gasteiger partial charge in [-0.25, -0.2) is 9.97 Å². The minimum absolute atomic E-state index is 0.255. The van der Waals surface area contributed by atoms with E-state index in [1.165, 1.54) is 25.5 Å². The predicted octanol–water partition coefficient (Wildman–Crippen LogP) is 2.11. The van der Waals surface area contributed by atoms with Crippen LogP contribution in [0.4, 0.5) is 23.0 Å². The summed E-state index contributed by atoms with van der Waals surface area (Å²) in [6, 6.07) is 2.01. The van der Waals surface area contributed by atoms with Crippen LogP contribution in [0.3, 0.4) is 0 Å². The van der Waals surface area contributed by atoms with Gasteiger partial charge in [0.05, 0.1) is 29.5 Å². The van der Waals surface area contributed by atoms with Gasteiger partial charge in [-0.3, -0.25) is 4.98 Å². The van der Waals surface area contributed by atoms with Crippen molar-refractivity contribution in [1.82, 2.24) is 15.0 Å². The monoisotopic (exact) mass is 311 g/mol. The third-order valence-corrected chi connectivity index (χ3v) is 3.88. The molecule has 0 amide bonds. The number of nitrogens with one attached hydrogen (secondary N) is 1. The van der Waals surface area contributed by atoms with E-state index in [1.54, 1.807) is 12.4 Å². The van der Waals surface area contributed by atoms with Crippen molar-refractivity contribution >= 4 is 28.7 Å². The van der Waals surface area contributed by atoms with Crippen LogP contribution < -0.4 is 21.7 Å². The Morgan fingerprint density at radius 3 is 2.70 bits per heavy atom. The molecular weight excluding hydrogens is 290 g/mol. The molecule has 0 saturated carbocycles. The lowest BCUT2D eigenvalue weighted by Crippen LogP contribution is -2.30. The fraction of sp³-hybridized carbons (Fsp3) is 0.312. The van der Waals surface area contributed by atoms with E-state index in [0.717, 1.165) is 24.5 Å². The Morgan fingerprint density at radius 1 is 1.17 bits per heavy atom. The largest absolute Gasteiger partial charge is 0.382 e. The highest BCUT2D eigenvalue weighted by atomic mass is 15.2. The first-order chi connectivity index (χ1) is 11.1. The molecule has 0 unspecified atom stereocenters. The Bertz CT molecular complexity index is 707. The summed E-state index contributed by atoms with van der Waals surface area (Å²) in [6.45, 7) is 6.12. The molecule has 3 rings (SSSR count). The fourth-order valence-electron chi connectivity index (χ4n) is 2.77. The maximum Gasteiger partial charge on any atom is 0.153 e. The third kappa shape index (κ3) is 3.33. The van der Waals surface area contributed by atoms with Crippen LogP contribution in [0.2, 0.25) is 0 Å². The number of nitrogen functional groups attached to an aromatic ring is 2. The second-order valence-electron chi connectivity index (χ2n) is 5.57. The molecule has 1 fully saturated rings. The van der Waals surface area contributed by atoms with E-state index in [9.17, 15) is 0 Å². The Labute approximate surface area is 135 Å². The van der Waals surface area contributed by atoms with E-state index < -0.39 is 0 Å². The molecule has 0 aliphatic carbocycles. The van der Waals surface area contributed by atoms with E-state index in [-0.39, 0.29) is 11.6 Å². The Balaban J connectivity index is 1.83. The number of rotatable bonds is 4. The van der Waals surface area contributed by atoms with E-state index in [4.69, 9.17) is 11.5 Å². The van der Waals surface area contributed by atoms with Gasteiger partial charge >= 0.3 is 0 Å². The molecule has 0 radical (unpaired) electrons. The van der Waals surface area contributed by atoms with Crippen molar-refractivity contribution in [3.63, 3.8) is 0 Å². The first-order valence-corrected chi connectivity index (χ1v) is 7.68. The van der Waals surface area contributed by atoms with Crippen LogP contribution in [0, 0.1) is 0 Å². The maximum atomic E-state index is 5.88. The summed E-state index contributed by atoms with van der Waals surface area (Å²) < 4.78 is 0. The number of hydrogen-bond donors (Lipinski definition) is 3. The van der Waals surface area contributed by atoms with E-state index in [0.29, 0.717) is 11.4 Å². The fourth-order valence-corrected chi connectivity index (χ4v) is 2.77. The Morgan fingerprint density at radius 2 is 1.96 bits per heavy atom. The van der Waals surface area contributed by atoms with Gasteiger partial charge in [-0.05, 0) is 25.3 Å². The first-order valence-electron chi connectivity index (χ1n) is 7.68. The number of anilines is 4. The van der Waals surface area contributed by atoms with Crippen LogP contribution in [0.1, 0.15) is 25.0 Å². The summed E-state index contributed by atoms with van der Waals surface area (Å²) in [6.07, 6.45) is 8.76. The van der Waals surface area contributed by atoms with Crippen molar-refractivity contribution in [3.05, 3.63) is 36.9 Å². The summed E-state index contributed by atoms with van der Waals surface area (Å²) >= 11 is 0. The van der Waals surface area contributed by atoms with Crippen LogP contribution in [0.25, 0.3) is 5.70 Å². The average Bonchev–Trinajstić information content (AvgIpc) is 2.56. The number of hydrogen-bond acceptors (Lipinski definition) is 7. The molecule has 1 aliphatic rings. The molecule has 1 aliphatic heterocycles. The average molecular weight is 311 g/mol. The highest BCUT2D eigenvalue weighted by molar-refractivity contribution is 5.83. The van der Waals surface area contributed by atoms with Crippen LogP contribution in [-0.4, -0.2) is 28.0 Å². The van der Waals surface area contributed by atoms with Gasteiger partial charge in [-0.1, -0.05) is 6.58 Å². The summed E-state index contributed by atoms with van der Waals surface area (Å²) in [5.74, 6) is 0.542. The predicted molar refractivity (Wildman–Crippen MR) is 93.8 cm³/mol. The Kier molecular flexibility index (Phi) is 4.27. The molecule has 2 aromatic rings. The topological polar surface area (TPSA) is 106 Å². The van der Waals surface area contributed by atoms with Crippen LogP contribution >= 0.6 is 0 Å². The van der Waals surface area contributed by atoms with Crippen molar-refractivity contribution in [2.24, 2.45) is 0 Å². The van der Waals surface area contributed by atoms with Gasteiger partial charge in [0, 0.05) is 19.3 Å². The van der Waals surface area contributed by atoms with Gasteiger partial charge in [-0.2, -0.15) is 0 Å². The van der Waals surface area contributed by atoms with E-state index in [2.05, 4.69) is 31.7 Å². The molecule has 2 aromatic heterocycles. The molecule has 0 spiro atoms. The highest BCUT2D eigenvalue weighted by Crippen LogP contribution is 2.30. The molecule has 0 aromatic carbocycles. The summed E-state index contributed by atoms with van der Waals surface area (Å²) in [4.78, 5) is 14.8. The summed E-state index contributed by atoms with van der Waals surface area (Å²) in [5.41, 5.74) is 14.5. The number of nitrogens with zero attached hydrogens (tertiary/aromatic N) is 4. The van der Waals surface area contributed by atoms with Crippen molar-refractivity contribution in [3.8, 4) is 0 Å². The van der Waals surface area contributed by atoms with Gasteiger partial charge in [0.15, 0.2) is 5.82 Å². The molecule has 7 nitrogen and oxygen atoms in total. The van der Waals surface area contributed by atoms with Gasteiger partial charge in [0.1, 0.15) is 11.5 Å². The molecule has 5 N–H and O–H groups in total. The minimum atomic E-state index is 0.255. The molecule has 3 heterocycles. The minimum Gasteiger partial charge on any atom is -0.382 e. The zero-order chi connectivity index (χ0) is 16.2. The molecular formula is C16H21N7. The second-order valence-corrected chi connectivity index (χ2v) is 5.57. The molecule has 23 heavy (non-hydrogen) atoms. The van der Waals surface area contributed by atoms with Crippen LogP contribution in [0.15, 0.2) is 31.2 Å². The number of nitrogens with two attached hydrogens (primary N) is 2. The highest BCUT2D eigenvalue weighted by Gasteiger charge is 2.16. The molecule has 1 saturated heterocycles. The van der Waals surface area contributed by atoms with Crippen molar-refractivity contribution < 1.29 is 0 Å².